The van der Waals surface area contributed by atoms with E-state index in [4.69, 9.17) is 4.74 Å². The van der Waals surface area contributed by atoms with Crippen LogP contribution in [0.2, 0.25) is 0 Å². The van der Waals surface area contributed by atoms with E-state index < -0.39 is 11.6 Å². The number of amides is 1. The van der Waals surface area contributed by atoms with E-state index in [2.05, 4.69) is 20.5 Å². The van der Waals surface area contributed by atoms with E-state index in [1.165, 1.54) is 12.3 Å². The van der Waals surface area contributed by atoms with Crippen LogP contribution in [0.1, 0.15) is 35.1 Å². The van der Waals surface area contributed by atoms with Gasteiger partial charge in [0, 0.05) is 5.69 Å². The van der Waals surface area contributed by atoms with Crippen molar-refractivity contribution in [2.45, 2.75) is 20.3 Å². The molecule has 0 unspecified atom stereocenters. The van der Waals surface area contributed by atoms with Gasteiger partial charge in [0.1, 0.15) is 11.4 Å². The number of hydrogen-bond acceptors (Lipinski definition) is 5. The smallest absolute Gasteiger partial charge is 0.345 e. The molecule has 0 aliphatic heterocycles. The van der Waals surface area contributed by atoms with E-state index in [0.717, 1.165) is 17.7 Å². The van der Waals surface area contributed by atoms with Crippen LogP contribution in [0.15, 0.2) is 40.2 Å². The summed E-state index contributed by atoms with van der Waals surface area (Å²) in [6.07, 6.45) is 2.42. The summed E-state index contributed by atoms with van der Waals surface area (Å²) in [4.78, 5) is 29.2. The van der Waals surface area contributed by atoms with Crippen LogP contribution in [0, 0.1) is 6.92 Å². The lowest BCUT2D eigenvalue weighted by Crippen LogP contribution is -2.24. The molecule has 2 aromatic rings. The minimum absolute atomic E-state index is 0.0171. The number of hydrazone groups is 1. The van der Waals surface area contributed by atoms with Crippen molar-refractivity contribution in [2.24, 2.45) is 5.10 Å². The molecule has 2 rings (SSSR count). The summed E-state index contributed by atoms with van der Waals surface area (Å²) in [7, 11) is 0. The fourth-order valence-corrected chi connectivity index (χ4v) is 1.82. The Balaban J connectivity index is 2.00. The van der Waals surface area contributed by atoms with Crippen molar-refractivity contribution >= 4 is 12.1 Å². The minimum Gasteiger partial charge on any atom is -0.494 e. The Labute approximate surface area is 133 Å². The monoisotopic (exact) mass is 314 g/mol. The minimum atomic E-state index is -0.570. The number of carbonyl (C=O) groups is 1. The second-order valence-electron chi connectivity index (χ2n) is 4.87. The highest BCUT2D eigenvalue weighted by atomic mass is 16.5. The number of rotatable bonds is 6. The first-order valence-electron chi connectivity index (χ1n) is 7.22. The standard InChI is InChI=1S/C16H18N4O3/c1-3-7-23-13-6-4-5-12(9-13)10-17-20-15(21)14-8-11(2)18-16(22)19-14/h4-6,8-10H,3,7H2,1-2H3,(H,20,21)(H,18,19,22)/b17-10+. The molecular weight excluding hydrogens is 296 g/mol. The summed E-state index contributed by atoms with van der Waals surface area (Å²) < 4.78 is 5.52. The van der Waals surface area contributed by atoms with Gasteiger partial charge in [-0.2, -0.15) is 10.1 Å². The number of aromatic amines is 1. The number of aromatic nitrogens is 2. The molecule has 2 N–H and O–H groups in total. The van der Waals surface area contributed by atoms with E-state index in [9.17, 15) is 9.59 Å². The molecular formula is C16H18N4O3. The Hall–Kier alpha value is -2.96. The third kappa shape index (κ3) is 5.06. The second kappa shape index (κ2) is 7.88. The van der Waals surface area contributed by atoms with Crippen LogP contribution in [-0.2, 0) is 0 Å². The number of benzene rings is 1. The Morgan fingerprint density at radius 1 is 1.43 bits per heavy atom. The average Bonchev–Trinajstić information content (AvgIpc) is 2.52. The summed E-state index contributed by atoms with van der Waals surface area (Å²) in [6.45, 7) is 4.35. The Kier molecular flexibility index (Phi) is 5.62. The van der Waals surface area contributed by atoms with Crippen molar-refractivity contribution in [3.8, 4) is 5.75 Å². The van der Waals surface area contributed by atoms with Gasteiger partial charge in [-0.15, -0.1) is 0 Å². The zero-order valence-corrected chi connectivity index (χ0v) is 13.0. The average molecular weight is 314 g/mol. The molecule has 1 heterocycles. The van der Waals surface area contributed by atoms with Crippen LogP contribution < -0.4 is 15.9 Å². The Morgan fingerprint density at radius 3 is 3.00 bits per heavy atom. The van der Waals surface area contributed by atoms with Gasteiger partial charge in [0.25, 0.3) is 5.91 Å². The van der Waals surface area contributed by atoms with Crippen LogP contribution in [0.4, 0.5) is 0 Å². The summed E-state index contributed by atoms with van der Waals surface area (Å²) in [5.74, 6) is 0.197. The molecule has 0 bridgehead atoms. The third-order valence-corrected chi connectivity index (χ3v) is 2.82. The maximum absolute atomic E-state index is 11.9. The zero-order valence-electron chi connectivity index (χ0n) is 13.0. The van der Waals surface area contributed by atoms with Crippen molar-refractivity contribution in [3.05, 3.63) is 57.8 Å². The topological polar surface area (TPSA) is 96.4 Å². The molecule has 1 amide bonds. The molecule has 0 saturated heterocycles. The van der Waals surface area contributed by atoms with Gasteiger partial charge in [-0.25, -0.2) is 10.2 Å². The van der Waals surface area contributed by atoms with E-state index in [0.29, 0.717) is 12.3 Å². The van der Waals surface area contributed by atoms with Crippen LogP contribution in [0.3, 0.4) is 0 Å². The van der Waals surface area contributed by atoms with Crippen molar-refractivity contribution in [3.63, 3.8) is 0 Å². The molecule has 120 valence electrons. The number of ether oxygens (including phenoxy) is 1. The van der Waals surface area contributed by atoms with Gasteiger partial charge in [0.15, 0.2) is 0 Å². The number of nitrogens with zero attached hydrogens (tertiary/aromatic N) is 2. The second-order valence-corrected chi connectivity index (χ2v) is 4.87. The molecule has 0 saturated carbocycles. The largest absolute Gasteiger partial charge is 0.494 e. The highest BCUT2D eigenvalue weighted by Gasteiger charge is 2.07. The predicted molar refractivity (Wildman–Crippen MR) is 86.9 cm³/mol. The highest BCUT2D eigenvalue weighted by molar-refractivity contribution is 5.93. The third-order valence-electron chi connectivity index (χ3n) is 2.82. The van der Waals surface area contributed by atoms with E-state index in [-0.39, 0.29) is 5.69 Å². The summed E-state index contributed by atoms with van der Waals surface area (Å²) in [6, 6.07) is 8.83. The van der Waals surface area contributed by atoms with Crippen molar-refractivity contribution < 1.29 is 9.53 Å². The fraction of sp³-hybridized carbons (Fsp3) is 0.250. The van der Waals surface area contributed by atoms with Crippen molar-refractivity contribution in [1.29, 1.82) is 0 Å². The highest BCUT2D eigenvalue weighted by Crippen LogP contribution is 2.12. The van der Waals surface area contributed by atoms with Gasteiger partial charge in [0.2, 0.25) is 0 Å². The summed E-state index contributed by atoms with van der Waals surface area (Å²) in [5, 5.41) is 3.87. The van der Waals surface area contributed by atoms with Crippen LogP contribution in [0.5, 0.6) is 5.75 Å². The van der Waals surface area contributed by atoms with E-state index >= 15 is 0 Å². The van der Waals surface area contributed by atoms with Gasteiger partial charge in [0.05, 0.1) is 12.8 Å². The Morgan fingerprint density at radius 2 is 2.26 bits per heavy atom. The lowest BCUT2D eigenvalue weighted by atomic mass is 10.2. The molecule has 0 spiro atoms. The molecule has 0 aliphatic rings. The first-order chi connectivity index (χ1) is 11.1. The molecule has 0 aliphatic carbocycles. The molecule has 7 nitrogen and oxygen atoms in total. The van der Waals surface area contributed by atoms with Gasteiger partial charge in [-0.05, 0) is 37.1 Å². The summed E-state index contributed by atoms with van der Waals surface area (Å²) in [5.41, 5.74) is 3.13. The van der Waals surface area contributed by atoms with Crippen LogP contribution >= 0.6 is 0 Å². The molecule has 1 aromatic carbocycles. The molecule has 0 fully saturated rings. The van der Waals surface area contributed by atoms with Gasteiger partial charge < -0.3 is 9.72 Å². The number of nitrogens with one attached hydrogen (secondary N) is 2. The predicted octanol–water partition coefficient (Wildman–Crippen LogP) is 1.63. The van der Waals surface area contributed by atoms with Gasteiger partial charge in [-0.3, -0.25) is 4.79 Å². The number of H-pyrrole nitrogens is 1. The van der Waals surface area contributed by atoms with E-state index in [1.807, 2.05) is 31.2 Å². The lowest BCUT2D eigenvalue weighted by Gasteiger charge is -2.04. The molecule has 7 heteroatoms. The Bertz CT molecular complexity index is 768. The van der Waals surface area contributed by atoms with Crippen molar-refractivity contribution in [2.75, 3.05) is 6.61 Å². The first-order valence-corrected chi connectivity index (χ1v) is 7.22. The first kappa shape index (κ1) is 16.4. The SMILES string of the molecule is CCCOc1cccc(/C=N/NC(=O)c2cc(C)[nH]c(=O)n2)c1. The zero-order chi connectivity index (χ0) is 16.7. The number of hydrogen-bond donors (Lipinski definition) is 2. The molecule has 23 heavy (non-hydrogen) atoms. The lowest BCUT2D eigenvalue weighted by molar-refractivity contribution is 0.0949. The van der Waals surface area contributed by atoms with Crippen molar-refractivity contribution in [1.82, 2.24) is 15.4 Å². The number of aryl methyl sites for hydroxylation is 1. The maximum Gasteiger partial charge on any atom is 0.345 e. The van der Waals surface area contributed by atoms with Gasteiger partial charge in [-0.1, -0.05) is 19.1 Å². The summed E-state index contributed by atoms with van der Waals surface area (Å²) >= 11 is 0. The molecule has 0 radical (unpaired) electrons. The fourth-order valence-electron chi connectivity index (χ4n) is 1.82. The van der Waals surface area contributed by atoms with Crippen LogP contribution in [0.25, 0.3) is 0 Å². The quantitative estimate of drug-likeness (QED) is 0.625. The maximum atomic E-state index is 11.9. The normalized spacial score (nSPS) is 10.7. The molecule has 0 atom stereocenters. The molecule has 1 aromatic heterocycles. The van der Waals surface area contributed by atoms with E-state index in [1.54, 1.807) is 6.92 Å². The number of carbonyl (C=O) groups excluding carboxylic acids is 1. The van der Waals surface area contributed by atoms with Crippen LogP contribution in [-0.4, -0.2) is 28.7 Å². The van der Waals surface area contributed by atoms with Gasteiger partial charge >= 0.3 is 5.69 Å².